The molecule has 7 heteroatoms. The Balaban J connectivity index is 1.38. The Kier molecular flexibility index (Phi) is 4.02. The van der Waals surface area contributed by atoms with Gasteiger partial charge in [0.15, 0.2) is 0 Å². The van der Waals surface area contributed by atoms with Gasteiger partial charge in [-0.2, -0.15) is 0 Å². The van der Waals surface area contributed by atoms with Crippen molar-refractivity contribution in [3.8, 4) is 0 Å². The van der Waals surface area contributed by atoms with Crippen LogP contribution in [-0.4, -0.2) is 58.7 Å². The number of rotatable bonds is 3. The van der Waals surface area contributed by atoms with Crippen molar-refractivity contribution in [2.45, 2.75) is 56.9 Å². The van der Waals surface area contributed by atoms with Crippen molar-refractivity contribution < 1.29 is 14.4 Å². The average Bonchev–Trinajstić information content (AvgIpc) is 2.94. The molecule has 3 atom stereocenters. The van der Waals surface area contributed by atoms with Crippen LogP contribution in [0.3, 0.4) is 0 Å². The van der Waals surface area contributed by atoms with Crippen LogP contribution in [0, 0.1) is 0 Å². The fourth-order valence-electron chi connectivity index (χ4n) is 4.95. The number of amides is 3. The molecule has 1 aromatic carbocycles. The first-order valence-electron chi connectivity index (χ1n) is 9.84. The molecule has 4 aliphatic rings. The molecule has 7 nitrogen and oxygen atoms in total. The van der Waals surface area contributed by atoms with E-state index in [0.717, 1.165) is 36.3 Å². The fraction of sp³-hybridized carbons (Fsp3) is 0.550. The lowest BCUT2D eigenvalue weighted by molar-refractivity contribution is -0.136. The van der Waals surface area contributed by atoms with Gasteiger partial charge in [0.1, 0.15) is 6.04 Å². The maximum Gasteiger partial charge on any atom is 0.255 e. The Hall–Kier alpha value is -2.25. The van der Waals surface area contributed by atoms with Gasteiger partial charge in [-0.15, -0.1) is 0 Å². The topological polar surface area (TPSA) is 81.8 Å². The standard InChI is InChI=1S/C20H24N4O3/c25-17-7-6-16(19(26)22-17)24-11-13-3-1-2-12(18(13)20(24)27)10-23-9-8-21-14-4-5-15(14)23/h1-3,14-16,21H,4-11H2,(H,22,25,26)/t14-,15-,16?/m1/s1. The lowest BCUT2D eigenvalue weighted by Crippen LogP contribution is -2.62. The summed E-state index contributed by atoms with van der Waals surface area (Å²) in [6.07, 6.45) is 3.13. The first-order chi connectivity index (χ1) is 13.1. The van der Waals surface area contributed by atoms with Crippen molar-refractivity contribution >= 4 is 17.7 Å². The van der Waals surface area contributed by atoms with Gasteiger partial charge in [-0.25, -0.2) is 0 Å². The Bertz CT molecular complexity index is 823. The Morgan fingerprint density at radius 2 is 2.00 bits per heavy atom. The minimum Gasteiger partial charge on any atom is -0.322 e. The number of fused-ring (bicyclic) bond motifs is 2. The van der Waals surface area contributed by atoms with Gasteiger partial charge in [0.05, 0.1) is 0 Å². The van der Waals surface area contributed by atoms with E-state index in [1.54, 1.807) is 4.90 Å². The number of piperidine rings is 1. The van der Waals surface area contributed by atoms with E-state index in [9.17, 15) is 14.4 Å². The SMILES string of the molecule is O=C1CCC(N2Cc3cccc(CN4CCN[C@@H]5CC[C@H]54)c3C2=O)C(=O)N1. The van der Waals surface area contributed by atoms with E-state index in [-0.39, 0.29) is 24.1 Å². The van der Waals surface area contributed by atoms with E-state index in [1.165, 1.54) is 12.8 Å². The molecule has 5 rings (SSSR count). The summed E-state index contributed by atoms with van der Waals surface area (Å²) in [5.41, 5.74) is 2.80. The van der Waals surface area contributed by atoms with Gasteiger partial charge in [0.25, 0.3) is 5.91 Å². The number of hydrogen-bond donors (Lipinski definition) is 2. The number of nitrogens with one attached hydrogen (secondary N) is 2. The number of carbonyl (C=O) groups excluding carboxylic acids is 3. The van der Waals surface area contributed by atoms with Gasteiger partial charge in [0.2, 0.25) is 11.8 Å². The van der Waals surface area contributed by atoms with Gasteiger partial charge in [-0.1, -0.05) is 18.2 Å². The normalized spacial score (nSPS) is 30.6. The van der Waals surface area contributed by atoms with Crippen molar-refractivity contribution in [1.29, 1.82) is 0 Å². The molecule has 142 valence electrons. The summed E-state index contributed by atoms with van der Waals surface area (Å²) in [5.74, 6) is -0.682. The zero-order valence-corrected chi connectivity index (χ0v) is 15.2. The van der Waals surface area contributed by atoms with E-state index >= 15 is 0 Å². The van der Waals surface area contributed by atoms with Crippen molar-refractivity contribution in [3.05, 3.63) is 34.9 Å². The largest absolute Gasteiger partial charge is 0.322 e. The first kappa shape index (κ1) is 16.9. The molecule has 2 saturated heterocycles. The van der Waals surface area contributed by atoms with E-state index in [4.69, 9.17) is 0 Å². The second-order valence-corrected chi connectivity index (χ2v) is 8.03. The predicted octanol–water partition coefficient (Wildman–Crippen LogP) is 0.384. The maximum atomic E-state index is 13.2. The fourth-order valence-corrected chi connectivity index (χ4v) is 4.95. The monoisotopic (exact) mass is 368 g/mol. The van der Waals surface area contributed by atoms with Crippen molar-refractivity contribution in [3.63, 3.8) is 0 Å². The molecular weight excluding hydrogens is 344 g/mol. The third-order valence-electron chi connectivity index (χ3n) is 6.52. The average molecular weight is 368 g/mol. The minimum atomic E-state index is -0.550. The van der Waals surface area contributed by atoms with E-state index in [2.05, 4.69) is 15.5 Å². The molecule has 1 aromatic rings. The summed E-state index contributed by atoms with van der Waals surface area (Å²) < 4.78 is 0. The molecule has 3 aliphatic heterocycles. The predicted molar refractivity (Wildman–Crippen MR) is 97.7 cm³/mol. The zero-order valence-electron chi connectivity index (χ0n) is 15.2. The molecule has 0 spiro atoms. The Labute approximate surface area is 158 Å². The number of benzene rings is 1. The molecule has 3 heterocycles. The van der Waals surface area contributed by atoms with Crippen LogP contribution >= 0.6 is 0 Å². The van der Waals surface area contributed by atoms with E-state index in [0.29, 0.717) is 25.0 Å². The highest BCUT2D eigenvalue weighted by molar-refractivity contribution is 6.05. The van der Waals surface area contributed by atoms with Crippen molar-refractivity contribution in [1.82, 2.24) is 20.4 Å². The number of nitrogens with zero attached hydrogens (tertiary/aromatic N) is 2. The minimum absolute atomic E-state index is 0.0737. The second kappa shape index (κ2) is 6.42. The Morgan fingerprint density at radius 1 is 1.11 bits per heavy atom. The summed E-state index contributed by atoms with van der Waals surface area (Å²) in [4.78, 5) is 41.0. The molecule has 0 bridgehead atoms. The van der Waals surface area contributed by atoms with Gasteiger partial charge >= 0.3 is 0 Å². The third kappa shape index (κ3) is 2.76. The third-order valence-corrected chi connectivity index (χ3v) is 6.52. The van der Waals surface area contributed by atoms with Gasteiger partial charge in [-0.05, 0) is 30.4 Å². The van der Waals surface area contributed by atoms with Crippen molar-refractivity contribution in [2.24, 2.45) is 0 Å². The molecule has 0 radical (unpaired) electrons. The Morgan fingerprint density at radius 3 is 2.78 bits per heavy atom. The van der Waals surface area contributed by atoms with E-state index < -0.39 is 6.04 Å². The second-order valence-electron chi connectivity index (χ2n) is 8.03. The molecule has 2 N–H and O–H groups in total. The number of hydrogen-bond acceptors (Lipinski definition) is 5. The summed E-state index contributed by atoms with van der Waals surface area (Å²) in [7, 11) is 0. The van der Waals surface area contributed by atoms with Crippen LogP contribution in [0.2, 0.25) is 0 Å². The van der Waals surface area contributed by atoms with Crippen LogP contribution in [-0.2, 0) is 22.7 Å². The molecule has 1 saturated carbocycles. The van der Waals surface area contributed by atoms with Crippen LogP contribution in [0.4, 0.5) is 0 Å². The molecule has 27 heavy (non-hydrogen) atoms. The molecule has 1 aliphatic carbocycles. The number of imide groups is 1. The summed E-state index contributed by atoms with van der Waals surface area (Å²) in [6, 6.07) is 6.64. The summed E-state index contributed by atoms with van der Waals surface area (Å²) in [5, 5.41) is 5.93. The quantitative estimate of drug-likeness (QED) is 0.754. The van der Waals surface area contributed by atoms with Crippen molar-refractivity contribution in [2.75, 3.05) is 13.1 Å². The summed E-state index contributed by atoms with van der Waals surface area (Å²) >= 11 is 0. The first-order valence-corrected chi connectivity index (χ1v) is 9.84. The molecular formula is C20H24N4O3. The highest BCUT2D eigenvalue weighted by atomic mass is 16.2. The lowest BCUT2D eigenvalue weighted by Gasteiger charge is -2.49. The van der Waals surface area contributed by atoms with Crippen LogP contribution in [0.1, 0.15) is 47.2 Å². The highest BCUT2D eigenvalue weighted by Gasteiger charge is 2.41. The molecule has 3 amide bonds. The van der Waals surface area contributed by atoms with Crippen LogP contribution < -0.4 is 10.6 Å². The van der Waals surface area contributed by atoms with Gasteiger partial charge in [0, 0.05) is 50.2 Å². The van der Waals surface area contributed by atoms with Crippen LogP contribution in [0.5, 0.6) is 0 Å². The van der Waals surface area contributed by atoms with Gasteiger partial charge < -0.3 is 10.2 Å². The maximum absolute atomic E-state index is 13.2. The highest BCUT2D eigenvalue weighted by Crippen LogP contribution is 2.33. The smallest absolute Gasteiger partial charge is 0.255 e. The lowest BCUT2D eigenvalue weighted by atomic mass is 9.83. The number of carbonyl (C=O) groups is 3. The summed E-state index contributed by atoms with van der Waals surface area (Å²) in [6.45, 7) is 3.21. The molecule has 0 aromatic heterocycles. The van der Waals surface area contributed by atoms with Crippen LogP contribution in [0.15, 0.2) is 18.2 Å². The number of piperazine rings is 1. The molecule has 1 unspecified atom stereocenters. The van der Waals surface area contributed by atoms with Gasteiger partial charge in [-0.3, -0.25) is 24.6 Å². The zero-order chi connectivity index (χ0) is 18.5. The molecule has 3 fully saturated rings. The van der Waals surface area contributed by atoms with E-state index in [1.807, 2.05) is 18.2 Å². The van der Waals surface area contributed by atoms with Crippen LogP contribution in [0.25, 0.3) is 0 Å².